The van der Waals surface area contributed by atoms with Crippen LogP contribution in [0, 0.1) is 10.1 Å². The number of nitro benzene ring substituents is 1. The fourth-order valence-electron chi connectivity index (χ4n) is 1.83. The van der Waals surface area contributed by atoms with Crippen molar-refractivity contribution in [2.45, 2.75) is 0 Å². The number of carbonyl (C=O) groups excluding carboxylic acids is 2. The van der Waals surface area contributed by atoms with E-state index >= 15 is 0 Å². The van der Waals surface area contributed by atoms with Gasteiger partial charge < -0.3 is 14.6 Å². The summed E-state index contributed by atoms with van der Waals surface area (Å²) in [5.41, 5.74) is -0.0887. The van der Waals surface area contributed by atoms with Gasteiger partial charge in [0.2, 0.25) is 0 Å². The van der Waals surface area contributed by atoms with E-state index in [0.717, 1.165) is 6.07 Å². The highest BCUT2D eigenvalue weighted by molar-refractivity contribution is 6.31. The number of ether oxygens (including phenoxy) is 1. The Morgan fingerprint density at radius 2 is 2.13 bits per heavy atom. The molecule has 0 saturated carbocycles. The summed E-state index contributed by atoms with van der Waals surface area (Å²) >= 11 is 5.68. The van der Waals surface area contributed by atoms with Crippen LogP contribution in [0.5, 0.6) is 0 Å². The molecule has 1 heterocycles. The van der Waals surface area contributed by atoms with Gasteiger partial charge in [-0.05, 0) is 24.3 Å². The number of esters is 1. The first-order valence-electron chi connectivity index (χ1n) is 6.40. The number of hydrogen-bond acceptors (Lipinski definition) is 5. The van der Waals surface area contributed by atoms with Crippen molar-refractivity contribution in [3.8, 4) is 0 Å². The molecule has 120 valence electrons. The molecule has 0 radical (unpaired) electrons. The molecular weight excluding hydrogens is 326 g/mol. The van der Waals surface area contributed by atoms with Crippen LogP contribution in [0.3, 0.4) is 0 Å². The van der Waals surface area contributed by atoms with Crippen molar-refractivity contribution >= 4 is 34.9 Å². The highest BCUT2D eigenvalue weighted by Gasteiger charge is 2.18. The Morgan fingerprint density at radius 1 is 1.39 bits per heavy atom. The lowest BCUT2D eigenvalue weighted by Gasteiger charge is -2.07. The number of rotatable bonds is 5. The molecule has 9 heteroatoms. The summed E-state index contributed by atoms with van der Waals surface area (Å²) in [5, 5.41) is 13.4. The minimum atomic E-state index is -0.696. The summed E-state index contributed by atoms with van der Waals surface area (Å²) in [5.74, 6) is -1.36. The molecule has 1 amide bonds. The smallest absolute Gasteiger partial charge is 0.355 e. The number of aryl methyl sites for hydroxylation is 1. The fraction of sp³-hybridized carbons (Fsp3) is 0.143. The van der Waals surface area contributed by atoms with Gasteiger partial charge >= 0.3 is 5.97 Å². The molecule has 8 nitrogen and oxygen atoms in total. The fourth-order valence-corrected chi connectivity index (χ4v) is 1.99. The first kappa shape index (κ1) is 16.5. The average Bonchev–Trinajstić information content (AvgIpc) is 2.92. The molecule has 2 aromatic rings. The maximum Gasteiger partial charge on any atom is 0.355 e. The molecular formula is C14H12ClN3O5. The van der Waals surface area contributed by atoms with Gasteiger partial charge in [0.15, 0.2) is 6.61 Å². The first-order valence-corrected chi connectivity index (χ1v) is 6.78. The average molecular weight is 338 g/mol. The van der Waals surface area contributed by atoms with Crippen LogP contribution in [0.15, 0.2) is 36.5 Å². The van der Waals surface area contributed by atoms with Crippen LogP contribution >= 0.6 is 11.6 Å². The molecule has 0 fully saturated rings. The molecule has 1 aromatic heterocycles. The normalized spacial score (nSPS) is 10.2. The number of nitrogens with zero attached hydrogens (tertiary/aromatic N) is 2. The van der Waals surface area contributed by atoms with E-state index in [4.69, 9.17) is 16.3 Å². The SMILES string of the molecule is Cn1cccc1C(=O)OCC(=O)Nc1ccc(Cl)cc1[N+](=O)[O-]. The van der Waals surface area contributed by atoms with E-state index in [2.05, 4.69) is 5.32 Å². The van der Waals surface area contributed by atoms with E-state index in [1.54, 1.807) is 29.9 Å². The third kappa shape index (κ3) is 4.07. The van der Waals surface area contributed by atoms with Crippen molar-refractivity contribution in [1.29, 1.82) is 0 Å². The molecule has 0 spiro atoms. The largest absolute Gasteiger partial charge is 0.451 e. The molecule has 0 atom stereocenters. The number of nitro groups is 1. The zero-order valence-corrected chi connectivity index (χ0v) is 12.7. The van der Waals surface area contributed by atoms with Crippen molar-refractivity contribution < 1.29 is 19.2 Å². The summed E-state index contributed by atoms with van der Waals surface area (Å²) in [4.78, 5) is 33.8. The van der Waals surface area contributed by atoms with Gasteiger partial charge in [-0.1, -0.05) is 11.6 Å². The van der Waals surface area contributed by atoms with Gasteiger partial charge in [-0.25, -0.2) is 4.79 Å². The Morgan fingerprint density at radius 3 is 2.74 bits per heavy atom. The highest BCUT2D eigenvalue weighted by atomic mass is 35.5. The Labute approximate surface area is 135 Å². The van der Waals surface area contributed by atoms with E-state index in [0.29, 0.717) is 0 Å². The zero-order valence-electron chi connectivity index (χ0n) is 12.0. The molecule has 0 unspecified atom stereocenters. The molecule has 23 heavy (non-hydrogen) atoms. The van der Waals surface area contributed by atoms with Crippen LogP contribution < -0.4 is 5.32 Å². The van der Waals surface area contributed by atoms with Crippen LogP contribution in [0.1, 0.15) is 10.5 Å². The van der Waals surface area contributed by atoms with Crippen molar-refractivity contribution in [3.05, 3.63) is 57.4 Å². The lowest BCUT2D eigenvalue weighted by Crippen LogP contribution is -2.22. The van der Waals surface area contributed by atoms with E-state index < -0.39 is 23.4 Å². The zero-order chi connectivity index (χ0) is 17.0. The van der Waals surface area contributed by atoms with Crippen molar-refractivity contribution in [2.24, 2.45) is 7.05 Å². The number of amides is 1. The quantitative estimate of drug-likeness (QED) is 0.512. The lowest BCUT2D eigenvalue weighted by atomic mass is 10.2. The summed E-state index contributed by atoms with van der Waals surface area (Å²) in [6.07, 6.45) is 1.66. The van der Waals surface area contributed by atoms with Gasteiger partial charge in [0, 0.05) is 24.3 Å². The second-order valence-electron chi connectivity index (χ2n) is 4.55. The summed E-state index contributed by atoms with van der Waals surface area (Å²) in [7, 11) is 1.66. The van der Waals surface area contributed by atoms with E-state index in [1.807, 2.05) is 0 Å². The number of nitrogens with one attached hydrogen (secondary N) is 1. The number of anilines is 1. The van der Waals surface area contributed by atoms with Crippen LogP contribution in [0.2, 0.25) is 5.02 Å². The third-order valence-corrected chi connectivity index (χ3v) is 3.15. The number of halogens is 1. The molecule has 1 aromatic carbocycles. The highest BCUT2D eigenvalue weighted by Crippen LogP contribution is 2.27. The van der Waals surface area contributed by atoms with Crippen molar-refractivity contribution in [3.63, 3.8) is 0 Å². The van der Waals surface area contributed by atoms with E-state index in [1.165, 1.54) is 12.1 Å². The molecule has 0 aliphatic rings. The van der Waals surface area contributed by atoms with Gasteiger partial charge in [0.05, 0.1) is 4.92 Å². The maximum absolute atomic E-state index is 11.8. The summed E-state index contributed by atoms with van der Waals surface area (Å²) in [6, 6.07) is 7.03. The minimum Gasteiger partial charge on any atom is -0.451 e. The molecule has 0 aliphatic heterocycles. The van der Waals surface area contributed by atoms with E-state index in [-0.39, 0.29) is 22.1 Å². The summed E-state index contributed by atoms with van der Waals surface area (Å²) in [6.45, 7) is -0.566. The minimum absolute atomic E-state index is 0.0284. The van der Waals surface area contributed by atoms with Crippen LogP contribution in [-0.2, 0) is 16.6 Å². The predicted octanol–water partition coefficient (Wildman–Crippen LogP) is 2.38. The standard InChI is InChI=1S/C14H12ClN3O5/c1-17-6-2-3-11(17)14(20)23-8-13(19)16-10-5-4-9(15)7-12(10)18(21)22/h2-7H,8H2,1H3,(H,16,19). The van der Waals surface area contributed by atoms with Crippen LogP contribution in [0.25, 0.3) is 0 Å². The molecule has 0 bridgehead atoms. The van der Waals surface area contributed by atoms with Crippen LogP contribution in [0.4, 0.5) is 11.4 Å². The first-order chi connectivity index (χ1) is 10.9. The number of hydrogen-bond donors (Lipinski definition) is 1. The second-order valence-corrected chi connectivity index (χ2v) is 4.98. The number of benzene rings is 1. The predicted molar refractivity (Wildman–Crippen MR) is 82.4 cm³/mol. The topological polar surface area (TPSA) is 103 Å². The van der Waals surface area contributed by atoms with E-state index in [9.17, 15) is 19.7 Å². The van der Waals surface area contributed by atoms with Gasteiger partial charge in [-0.15, -0.1) is 0 Å². The number of carbonyl (C=O) groups is 2. The molecule has 0 aliphatic carbocycles. The monoisotopic (exact) mass is 337 g/mol. The summed E-state index contributed by atoms with van der Waals surface area (Å²) < 4.78 is 6.40. The van der Waals surface area contributed by atoms with Gasteiger partial charge in [0.25, 0.3) is 11.6 Å². The maximum atomic E-state index is 11.8. The van der Waals surface area contributed by atoms with Gasteiger partial charge in [-0.3, -0.25) is 14.9 Å². The molecule has 0 saturated heterocycles. The Balaban J connectivity index is 1.99. The van der Waals surface area contributed by atoms with Crippen molar-refractivity contribution in [1.82, 2.24) is 4.57 Å². The third-order valence-electron chi connectivity index (χ3n) is 2.92. The number of aromatic nitrogens is 1. The molecule has 2 rings (SSSR count). The Bertz CT molecular complexity index is 772. The Hall–Kier alpha value is -2.87. The lowest BCUT2D eigenvalue weighted by molar-refractivity contribution is -0.383. The van der Waals surface area contributed by atoms with Gasteiger partial charge in [0.1, 0.15) is 11.4 Å². The Kier molecular flexibility index (Phi) is 4.97. The second kappa shape index (κ2) is 6.93. The van der Waals surface area contributed by atoms with Gasteiger partial charge in [-0.2, -0.15) is 0 Å². The molecule has 1 N–H and O–H groups in total. The van der Waals surface area contributed by atoms with Crippen LogP contribution in [-0.4, -0.2) is 28.0 Å². The van der Waals surface area contributed by atoms with Crippen molar-refractivity contribution in [2.75, 3.05) is 11.9 Å².